The molecule has 136 valence electrons. The van der Waals surface area contributed by atoms with Gasteiger partial charge in [0.05, 0.1) is 12.0 Å². The van der Waals surface area contributed by atoms with Crippen molar-refractivity contribution in [2.75, 3.05) is 20.1 Å². The van der Waals surface area contributed by atoms with Crippen LogP contribution in [0.3, 0.4) is 0 Å². The summed E-state index contributed by atoms with van der Waals surface area (Å²) in [5, 5.41) is 10.8. The number of quaternary nitrogens is 1. The molecule has 0 unspecified atom stereocenters. The summed E-state index contributed by atoms with van der Waals surface area (Å²) in [5.74, 6) is 0.365. The van der Waals surface area contributed by atoms with Gasteiger partial charge < -0.3 is 15.1 Å². The van der Waals surface area contributed by atoms with E-state index in [9.17, 15) is 9.59 Å². The van der Waals surface area contributed by atoms with E-state index in [1.54, 1.807) is 36.8 Å². The van der Waals surface area contributed by atoms with Crippen molar-refractivity contribution in [2.45, 2.75) is 12.5 Å². The van der Waals surface area contributed by atoms with Gasteiger partial charge in [-0.2, -0.15) is 5.10 Å². The molecule has 7 nitrogen and oxygen atoms in total. The van der Waals surface area contributed by atoms with Crippen molar-refractivity contribution in [2.24, 2.45) is 5.10 Å². The Morgan fingerprint density at radius 1 is 1.31 bits per heavy atom. The van der Waals surface area contributed by atoms with Gasteiger partial charge in [-0.3, -0.25) is 9.59 Å². The first-order chi connectivity index (χ1) is 12.6. The summed E-state index contributed by atoms with van der Waals surface area (Å²) in [4.78, 5) is 24.0. The summed E-state index contributed by atoms with van der Waals surface area (Å²) in [6.07, 6.45) is 2.13. The highest BCUT2D eigenvalue weighted by Gasteiger charge is 2.35. The van der Waals surface area contributed by atoms with Crippen LogP contribution in [0.4, 0.5) is 0 Å². The number of likely N-dealkylation sites (N-methyl/N-ethyl adjacent to an activating group) is 1. The molecule has 26 heavy (non-hydrogen) atoms. The van der Waals surface area contributed by atoms with Gasteiger partial charge in [0.15, 0.2) is 13.1 Å². The lowest BCUT2D eigenvalue weighted by Gasteiger charge is -2.18. The SMILES string of the molecule is CNC(=O)C[NH2+]CC(=O)N1N=C(c2ccc(Cl)cc2)C[C@H]1c1ccco1. The summed E-state index contributed by atoms with van der Waals surface area (Å²) in [6, 6.07) is 10.7. The van der Waals surface area contributed by atoms with Crippen molar-refractivity contribution in [1.29, 1.82) is 0 Å². The van der Waals surface area contributed by atoms with E-state index in [-0.39, 0.29) is 30.9 Å². The number of benzene rings is 1. The fourth-order valence-corrected chi connectivity index (χ4v) is 2.91. The average Bonchev–Trinajstić information content (AvgIpc) is 3.31. The van der Waals surface area contributed by atoms with Crippen LogP contribution in [0.5, 0.6) is 0 Å². The lowest BCUT2D eigenvalue weighted by molar-refractivity contribution is -0.633. The summed E-state index contributed by atoms with van der Waals surface area (Å²) in [5.41, 5.74) is 1.71. The first-order valence-electron chi connectivity index (χ1n) is 8.29. The van der Waals surface area contributed by atoms with Crippen LogP contribution in [0.1, 0.15) is 23.8 Å². The van der Waals surface area contributed by atoms with Crippen LogP contribution in [0.15, 0.2) is 52.2 Å². The van der Waals surface area contributed by atoms with Crippen LogP contribution in [0.25, 0.3) is 0 Å². The van der Waals surface area contributed by atoms with Crippen molar-refractivity contribution in [1.82, 2.24) is 10.3 Å². The Labute approximate surface area is 156 Å². The molecule has 0 bridgehead atoms. The molecule has 2 aromatic rings. The molecule has 0 fully saturated rings. The van der Waals surface area contributed by atoms with Crippen molar-refractivity contribution < 1.29 is 19.3 Å². The van der Waals surface area contributed by atoms with Gasteiger partial charge in [-0.05, 0) is 29.8 Å². The molecule has 1 aliphatic rings. The predicted molar refractivity (Wildman–Crippen MR) is 96.6 cm³/mol. The predicted octanol–water partition coefficient (Wildman–Crippen LogP) is 0.920. The summed E-state index contributed by atoms with van der Waals surface area (Å²) < 4.78 is 5.50. The number of rotatable bonds is 6. The van der Waals surface area contributed by atoms with Gasteiger partial charge in [-0.15, -0.1) is 0 Å². The molecule has 2 heterocycles. The van der Waals surface area contributed by atoms with E-state index in [4.69, 9.17) is 16.0 Å². The molecule has 1 atom stereocenters. The Bertz CT molecular complexity index is 802. The molecule has 3 N–H and O–H groups in total. The van der Waals surface area contributed by atoms with Crippen molar-refractivity contribution >= 4 is 29.1 Å². The van der Waals surface area contributed by atoms with Crippen molar-refractivity contribution in [3.05, 3.63) is 59.0 Å². The van der Waals surface area contributed by atoms with Crippen LogP contribution in [0.2, 0.25) is 5.02 Å². The van der Waals surface area contributed by atoms with Gasteiger partial charge in [0.1, 0.15) is 11.8 Å². The quantitative estimate of drug-likeness (QED) is 0.786. The fraction of sp³-hybridized carbons (Fsp3) is 0.278. The monoisotopic (exact) mass is 375 g/mol. The molecule has 0 radical (unpaired) electrons. The molecule has 1 aromatic heterocycles. The van der Waals surface area contributed by atoms with E-state index in [2.05, 4.69) is 10.4 Å². The Hall–Kier alpha value is -2.64. The molecule has 8 heteroatoms. The van der Waals surface area contributed by atoms with Gasteiger partial charge in [-0.25, -0.2) is 5.01 Å². The summed E-state index contributed by atoms with van der Waals surface area (Å²) in [6.45, 7) is 0.317. The highest BCUT2D eigenvalue weighted by Crippen LogP contribution is 2.33. The molecule has 0 aliphatic carbocycles. The fourth-order valence-electron chi connectivity index (χ4n) is 2.78. The number of amides is 2. The minimum atomic E-state index is -0.295. The lowest BCUT2D eigenvalue weighted by Crippen LogP contribution is -2.88. The molecule has 1 aliphatic heterocycles. The molecule has 2 amide bonds. The zero-order chi connectivity index (χ0) is 18.5. The first kappa shape index (κ1) is 18.2. The van der Waals surface area contributed by atoms with E-state index < -0.39 is 0 Å². The standard InChI is InChI=1S/C18H19ClN4O3/c1-20-17(24)10-21-11-18(25)23-15(16-3-2-8-26-16)9-14(22-23)12-4-6-13(19)7-5-12/h2-8,15,21H,9-11H2,1H3,(H,20,24)/p+1/t15-/m0/s1. The molecule has 0 saturated heterocycles. The Morgan fingerprint density at radius 3 is 2.73 bits per heavy atom. The number of hydrogen-bond acceptors (Lipinski definition) is 4. The largest absolute Gasteiger partial charge is 0.467 e. The maximum atomic E-state index is 12.6. The third-order valence-electron chi connectivity index (χ3n) is 4.14. The van der Waals surface area contributed by atoms with Gasteiger partial charge in [0.25, 0.3) is 11.8 Å². The van der Waals surface area contributed by atoms with Crippen LogP contribution in [-0.4, -0.2) is 42.7 Å². The highest BCUT2D eigenvalue weighted by atomic mass is 35.5. The van der Waals surface area contributed by atoms with Gasteiger partial charge in [0, 0.05) is 18.5 Å². The second-order valence-electron chi connectivity index (χ2n) is 5.90. The first-order valence-corrected chi connectivity index (χ1v) is 8.67. The van der Waals surface area contributed by atoms with Crippen LogP contribution in [0, 0.1) is 0 Å². The van der Waals surface area contributed by atoms with Gasteiger partial charge in [0.2, 0.25) is 0 Å². The zero-order valence-electron chi connectivity index (χ0n) is 14.3. The molecule has 0 spiro atoms. The van der Waals surface area contributed by atoms with Crippen LogP contribution < -0.4 is 10.6 Å². The number of nitrogens with one attached hydrogen (secondary N) is 1. The summed E-state index contributed by atoms with van der Waals surface area (Å²) >= 11 is 5.95. The smallest absolute Gasteiger partial charge is 0.298 e. The number of nitrogens with two attached hydrogens (primary N) is 1. The highest BCUT2D eigenvalue weighted by molar-refractivity contribution is 6.30. The third-order valence-corrected chi connectivity index (χ3v) is 4.39. The minimum absolute atomic E-state index is 0.127. The van der Waals surface area contributed by atoms with Crippen LogP contribution >= 0.6 is 11.6 Å². The van der Waals surface area contributed by atoms with Crippen LogP contribution in [-0.2, 0) is 9.59 Å². The molecular formula is C18H20ClN4O3+. The number of nitrogens with zero attached hydrogens (tertiary/aromatic N) is 2. The summed E-state index contributed by atoms with van der Waals surface area (Å²) in [7, 11) is 1.56. The number of carbonyl (C=O) groups is 2. The van der Waals surface area contributed by atoms with Gasteiger partial charge >= 0.3 is 0 Å². The van der Waals surface area contributed by atoms with Crippen molar-refractivity contribution in [3.8, 4) is 0 Å². The van der Waals surface area contributed by atoms with E-state index in [0.29, 0.717) is 17.2 Å². The number of furan rings is 1. The Balaban J connectivity index is 1.77. The second kappa shape index (κ2) is 8.16. The van der Waals surface area contributed by atoms with E-state index in [0.717, 1.165) is 11.3 Å². The maximum absolute atomic E-state index is 12.6. The topological polar surface area (TPSA) is 91.5 Å². The zero-order valence-corrected chi connectivity index (χ0v) is 15.1. The minimum Gasteiger partial charge on any atom is -0.467 e. The Kier molecular flexibility index (Phi) is 5.70. The number of hydrogen-bond donors (Lipinski definition) is 2. The maximum Gasteiger partial charge on any atom is 0.298 e. The van der Waals surface area contributed by atoms with Crippen molar-refractivity contribution in [3.63, 3.8) is 0 Å². The van der Waals surface area contributed by atoms with E-state index in [1.807, 2.05) is 18.2 Å². The lowest BCUT2D eigenvalue weighted by atomic mass is 10.0. The molecule has 1 aromatic carbocycles. The number of halogens is 1. The Morgan fingerprint density at radius 2 is 2.08 bits per heavy atom. The third kappa shape index (κ3) is 4.12. The van der Waals surface area contributed by atoms with Gasteiger partial charge in [-0.1, -0.05) is 23.7 Å². The molecular weight excluding hydrogens is 356 g/mol. The molecule has 0 saturated carbocycles. The van der Waals surface area contributed by atoms with E-state index >= 15 is 0 Å². The normalized spacial score (nSPS) is 16.5. The number of carbonyl (C=O) groups excluding carboxylic acids is 2. The second-order valence-corrected chi connectivity index (χ2v) is 6.33. The number of hydrazone groups is 1. The average molecular weight is 376 g/mol. The molecule has 3 rings (SSSR count). The van der Waals surface area contributed by atoms with E-state index in [1.165, 1.54) is 5.01 Å².